The largest absolute Gasteiger partial charge is 0.399 e. The summed E-state index contributed by atoms with van der Waals surface area (Å²) >= 11 is 6.19. The maximum atomic E-state index is 10.9. The van der Waals surface area contributed by atoms with E-state index in [1.807, 2.05) is 12.1 Å². The van der Waals surface area contributed by atoms with Gasteiger partial charge in [0.1, 0.15) is 0 Å². The molecule has 1 aromatic carbocycles. The molecule has 1 aromatic rings. The first-order valence-corrected chi connectivity index (χ1v) is 6.52. The zero-order chi connectivity index (χ0) is 13.1. The van der Waals surface area contributed by atoms with Crippen molar-refractivity contribution in [3.05, 3.63) is 23.2 Å². The SMILES string of the molecule is NC(=O)CC1CCN(c2ccc(N)cc2Cl)CC1. The normalized spacial score (nSPS) is 16.8. The molecule has 4 nitrogen and oxygen atoms in total. The summed E-state index contributed by atoms with van der Waals surface area (Å²) in [6, 6.07) is 5.58. The molecule has 0 aromatic heterocycles. The van der Waals surface area contributed by atoms with E-state index in [2.05, 4.69) is 4.90 Å². The number of anilines is 2. The third-order valence-electron chi connectivity index (χ3n) is 3.42. The van der Waals surface area contributed by atoms with E-state index in [1.165, 1.54) is 0 Å². The Morgan fingerprint density at radius 2 is 2.06 bits per heavy atom. The molecule has 0 spiro atoms. The standard InChI is InChI=1S/C13H18ClN3O/c14-11-8-10(15)1-2-12(11)17-5-3-9(4-6-17)7-13(16)18/h1-2,8-9H,3-7,15H2,(H2,16,18). The molecule has 0 radical (unpaired) electrons. The number of nitrogen functional groups attached to an aromatic ring is 1. The number of halogens is 1. The predicted octanol–water partition coefficient (Wildman–Crippen LogP) is 2.01. The lowest BCUT2D eigenvalue weighted by atomic mass is 9.93. The van der Waals surface area contributed by atoms with Crippen LogP contribution in [0, 0.1) is 5.92 Å². The Balaban J connectivity index is 1.99. The Morgan fingerprint density at radius 3 is 2.61 bits per heavy atom. The highest BCUT2D eigenvalue weighted by Gasteiger charge is 2.21. The molecule has 0 saturated carbocycles. The van der Waals surface area contributed by atoms with E-state index < -0.39 is 0 Å². The number of nitrogens with two attached hydrogens (primary N) is 2. The van der Waals surface area contributed by atoms with Gasteiger partial charge in [0, 0.05) is 25.2 Å². The Kier molecular flexibility index (Phi) is 3.97. The second-order valence-electron chi connectivity index (χ2n) is 4.81. The van der Waals surface area contributed by atoms with Crippen LogP contribution in [-0.2, 0) is 4.79 Å². The Morgan fingerprint density at radius 1 is 1.39 bits per heavy atom. The van der Waals surface area contributed by atoms with E-state index in [1.54, 1.807) is 6.07 Å². The fraction of sp³-hybridized carbons (Fsp3) is 0.462. The number of carbonyl (C=O) groups excluding carboxylic acids is 1. The molecule has 1 heterocycles. The fourth-order valence-electron chi connectivity index (χ4n) is 2.44. The van der Waals surface area contributed by atoms with Crippen molar-refractivity contribution in [3.8, 4) is 0 Å². The molecule has 2 rings (SSSR count). The zero-order valence-corrected chi connectivity index (χ0v) is 11.0. The van der Waals surface area contributed by atoms with Gasteiger partial charge in [0.15, 0.2) is 0 Å². The second-order valence-corrected chi connectivity index (χ2v) is 5.22. The molecule has 5 heteroatoms. The molecule has 1 amide bonds. The Labute approximate surface area is 112 Å². The number of carbonyl (C=O) groups is 1. The molecular weight excluding hydrogens is 250 g/mol. The number of nitrogens with zero attached hydrogens (tertiary/aromatic N) is 1. The summed E-state index contributed by atoms with van der Waals surface area (Å²) in [6.45, 7) is 1.81. The number of rotatable bonds is 3. The lowest BCUT2D eigenvalue weighted by Gasteiger charge is -2.33. The van der Waals surface area contributed by atoms with Crippen LogP contribution in [0.2, 0.25) is 5.02 Å². The van der Waals surface area contributed by atoms with E-state index in [4.69, 9.17) is 23.1 Å². The second kappa shape index (κ2) is 5.48. The van der Waals surface area contributed by atoms with Crippen molar-refractivity contribution in [2.45, 2.75) is 19.3 Å². The molecular formula is C13H18ClN3O. The molecule has 1 fully saturated rings. The van der Waals surface area contributed by atoms with Gasteiger partial charge < -0.3 is 16.4 Å². The number of amides is 1. The van der Waals surface area contributed by atoms with Gasteiger partial charge in [-0.25, -0.2) is 0 Å². The van der Waals surface area contributed by atoms with Crippen LogP contribution >= 0.6 is 11.6 Å². The van der Waals surface area contributed by atoms with Gasteiger partial charge in [-0.15, -0.1) is 0 Å². The smallest absolute Gasteiger partial charge is 0.217 e. The van der Waals surface area contributed by atoms with Gasteiger partial charge in [-0.3, -0.25) is 4.79 Å². The van der Waals surface area contributed by atoms with Crippen LogP contribution in [0.3, 0.4) is 0 Å². The number of primary amides is 1. The quantitative estimate of drug-likeness (QED) is 0.823. The Hall–Kier alpha value is -1.42. The lowest BCUT2D eigenvalue weighted by molar-refractivity contribution is -0.119. The summed E-state index contributed by atoms with van der Waals surface area (Å²) in [5.74, 6) is 0.199. The molecule has 0 unspecified atom stereocenters. The van der Waals surface area contributed by atoms with E-state index in [-0.39, 0.29) is 5.91 Å². The van der Waals surface area contributed by atoms with E-state index in [9.17, 15) is 4.79 Å². The molecule has 0 atom stereocenters. The highest BCUT2D eigenvalue weighted by molar-refractivity contribution is 6.33. The fourth-order valence-corrected chi connectivity index (χ4v) is 2.75. The van der Waals surface area contributed by atoms with Crippen LogP contribution < -0.4 is 16.4 Å². The van der Waals surface area contributed by atoms with Crippen molar-refractivity contribution < 1.29 is 4.79 Å². The topological polar surface area (TPSA) is 72.4 Å². The van der Waals surface area contributed by atoms with Crippen LogP contribution in [0.5, 0.6) is 0 Å². The van der Waals surface area contributed by atoms with E-state index in [0.717, 1.165) is 31.6 Å². The molecule has 98 valence electrons. The first-order chi connectivity index (χ1) is 8.56. The summed E-state index contributed by atoms with van der Waals surface area (Å²) in [6.07, 6.45) is 2.44. The van der Waals surface area contributed by atoms with Crippen molar-refractivity contribution >= 4 is 28.9 Å². The minimum Gasteiger partial charge on any atom is -0.399 e. The molecule has 0 aliphatic carbocycles. The summed E-state index contributed by atoms with van der Waals surface area (Å²) in [5.41, 5.74) is 12.6. The highest BCUT2D eigenvalue weighted by Crippen LogP contribution is 2.31. The van der Waals surface area contributed by atoms with Gasteiger partial charge in [0.2, 0.25) is 5.91 Å². The molecule has 1 aliphatic heterocycles. The first-order valence-electron chi connectivity index (χ1n) is 6.14. The third kappa shape index (κ3) is 3.07. The molecule has 4 N–H and O–H groups in total. The van der Waals surface area contributed by atoms with Crippen molar-refractivity contribution in [1.82, 2.24) is 0 Å². The number of hydrogen-bond acceptors (Lipinski definition) is 3. The van der Waals surface area contributed by atoms with E-state index in [0.29, 0.717) is 23.0 Å². The summed E-state index contributed by atoms with van der Waals surface area (Å²) in [4.78, 5) is 13.1. The molecule has 1 aliphatic rings. The van der Waals surface area contributed by atoms with Crippen molar-refractivity contribution in [3.63, 3.8) is 0 Å². The molecule has 1 saturated heterocycles. The van der Waals surface area contributed by atoms with Gasteiger partial charge in [-0.2, -0.15) is 0 Å². The monoisotopic (exact) mass is 267 g/mol. The van der Waals surface area contributed by atoms with Crippen molar-refractivity contribution in [1.29, 1.82) is 0 Å². The van der Waals surface area contributed by atoms with E-state index >= 15 is 0 Å². The average Bonchev–Trinajstić information content (AvgIpc) is 2.30. The zero-order valence-electron chi connectivity index (χ0n) is 10.2. The summed E-state index contributed by atoms with van der Waals surface area (Å²) < 4.78 is 0. The summed E-state index contributed by atoms with van der Waals surface area (Å²) in [5, 5.41) is 0.684. The number of piperidine rings is 1. The Bertz CT molecular complexity index is 442. The van der Waals surface area contributed by atoms with Gasteiger partial charge in [0.25, 0.3) is 0 Å². The molecule has 0 bridgehead atoms. The van der Waals surface area contributed by atoms with Gasteiger partial charge in [-0.05, 0) is 37.0 Å². The van der Waals surface area contributed by atoms with Gasteiger partial charge in [-0.1, -0.05) is 11.6 Å². The maximum Gasteiger partial charge on any atom is 0.217 e. The first kappa shape index (κ1) is 13.0. The average molecular weight is 268 g/mol. The highest BCUT2D eigenvalue weighted by atomic mass is 35.5. The minimum absolute atomic E-state index is 0.209. The van der Waals surface area contributed by atoms with Gasteiger partial charge in [0.05, 0.1) is 10.7 Å². The number of hydrogen-bond donors (Lipinski definition) is 2. The summed E-state index contributed by atoms with van der Waals surface area (Å²) in [7, 11) is 0. The van der Waals surface area contributed by atoms with Crippen molar-refractivity contribution in [2.24, 2.45) is 11.7 Å². The maximum absolute atomic E-state index is 10.9. The van der Waals surface area contributed by atoms with Crippen LogP contribution in [0.15, 0.2) is 18.2 Å². The van der Waals surface area contributed by atoms with Crippen LogP contribution in [0.1, 0.15) is 19.3 Å². The van der Waals surface area contributed by atoms with Crippen LogP contribution in [0.25, 0.3) is 0 Å². The third-order valence-corrected chi connectivity index (χ3v) is 3.72. The van der Waals surface area contributed by atoms with Crippen molar-refractivity contribution in [2.75, 3.05) is 23.7 Å². The predicted molar refractivity (Wildman–Crippen MR) is 74.6 cm³/mol. The molecule has 18 heavy (non-hydrogen) atoms. The lowest BCUT2D eigenvalue weighted by Crippen LogP contribution is -2.35. The van der Waals surface area contributed by atoms with Crippen LogP contribution in [-0.4, -0.2) is 19.0 Å². The minimum atomic E-state index is -0.209. The number of benzene rings is 1. The van der Waals surface area contributed by atoms with Crippen LogP contribution in [0.4, 0.5) is 11.4 Å². The van der Waals surface area contributed by atoms with Gasteiger partial charge >= 0.3 is 0 Å².